The van der Waals surface area contributed by atoms with Crippen molar-refractivity contribution in [2.75, 3.05) is 19.6 Å². The fourth-order valence-electron chi connectivity index (χ4n) is 2.98. The average Bonchev–Trinajstić information content (AvgIpc) is 3.00. The molecular formula is C18H27FN2O. The van der Waals surface area contributed by atoms with E-state index < -0.39 is 0 Å². The molecule has 1 N–H and O–H groups in total. The van der Waals surface area contributed by atoms with E-state index in [1.54, 1.807) is 12.1 Å². The third-order valence-corrected chi connectivity index (χ3v) is 4.25. The Morgan fingerprint density at radius 3 is 2.68 bits per heavy atom. The van der Waals surface area contributed by atoms with Crippen molar-refractivity contribution < 1.29 is 9.18 Å². The van der Waals surface area contributed by atoms with Gasteiger partial charge in [0.1, 0.15) is 5.82 Å². The highest BCUT2D eigenvalue weighted by Crippen LogP contribution is 2.13. The number of halogens is 1. The largest absolute Gasteiger partial charge is 0.341 e. The molecule has 1 aliphatic heterocycles. The van der Waals surface area contributed by atoms with Crippen LogP contribution in [-0.2, 0) is 11.2 Å². The van der Waals surface area contributed by atoms with Crippen LogP contribution in [0.3, 0.4) is 0 Å². The van der Waals surface area contributed by atoms with E-state index in [-0.39, 0.29) is 23.7 Å². The van der Waals surface area contributed by atoms with Gasteiger partial charge in [0.05, 0.1) is 6.04 Å². The summed E-state index contributed by atoms with van der Waals surface area (Å²) in [5, 5.41) is 3.40. The molecule has 1 amide bonds. The highest BCUT2D eigenvalue weighted by Gasteiger charge is 2.27. The Labute approximate surface area is 132 Å². The van der Waals surface area contributed by atoms with E-state index in [4.69, 9.17) is 0 Å². The van der Waals surface area contributed by atoms with Crippen LogP contribution in [0, 0.1) is 11.7 Å². The van der Waals surface area contributed by atoms with E-state index in [0.717, 1.165) is 50.9 Å². The number of carbonyl (C=O) groups excluding carboxylic acids is 1. The van der Waals surface area contributed by atoms with E-state index in [1.165, 1.54) is 6.07 Å². The van der Waals surface area contributed by atoms with Gasteiger partial charge in [0.2, 0.25) is 5.91 Å². The monoisotopic (exact) mass is 306 g/mol. The molecular weight excluding hydrogens is 279 g/mol. The number of likely N-dealkylation sites (tertiary alicyclic amines) is 1. The highest BCUT2D eigenvalue weighted by atomic mass is 19.1. The Hall–Kier alpha value is -1.42. The first-order valence-corrected chi connectivity index (χ1v) is 8.34. The number of amides is 1. The third kappa shape index (κ3) is 4.80. The summed E-state index contributed by atoms with van der Waals surface area (Å²) in [5.74, 6) is 0.329. The number of nitrogens with zero attached hydrogens (tertiary/aromatic N) is 1. The van der Waals surface area contributed by atoms with Crippen LogP contribution in [0.4, 0.5) is 4.39 Å². The van der Waals surface area contributed by atoms with E-state index in [2.05, 4.69) is 19.2 Å². The van der Waals surface area contributed by atoms with E-state index in [1.807, 2.05) is 11.0 Å². The van der Waals surface area contributed by atoms with Gasteiger partial charge in [-0.1, -0.05) is 26.0 Å². The summed E-state index contributed by atoms with van der Waals surface area (Å²) in [4.78, 5) is 14.5. The zero-order valence-corrected chi connectivity index (χ0v) is 13.6. The van der Waals surface area contributed by atoms with Crippen molar-refractivity contribution in [1.82, 2.24) is 10.2 Å². The first-order chi connectivity index (χ1) is 10.6. The maximum Gasteiger partial charge on any atom is 0.239 e. The lowest BCUT2D eigenvalue weighted by Crippen LogP contribution is -2.48. The normalized spacial score (nSPS) is 16.3. The summed E-state index contributed by atoms with van der Waals surface area (Å²) in [6, 6.07) is 6.62. The first kappa shape index (κ1) is 16.9. The van der Waals surface area contributed by atoms with Gasteiger partial charge in [-0.2, -0.15) is 0 Å². The van der Waals surface area contributed by atoms with E-state index in [0.29, 0.717) is 0 Å². The van der Waals surface area contributed by atoms with Crippen LogP contribution in [0.25, 0.3) is 0 Å². The van der Waals surface area contributed by atoms with Crippen molar-refractivity contribution in [3.8, 4) is 0 Å². The Kier molecular flexibility index (Phi) is 6.37. The predicted octanol–water partition coefficient (Wildman–Crippen LogP) is 2.99. The maximum atomic E-state index is 13.1. The number of benzene rings is 1. The molecule has 1 atom stereocenters. The average molecular weight is 306 g/mol. The Balaban J connectivity index is 1.78. The highest BCUT2D eigenvalue weighted by molar-refractivity contribution is 5.82. The van der Waals surface area contributed by atoms with Gasteiger partial charge in [-0.05, 0) is 55.8 Å². The summed E-state index contributed by atoms with van der Waals surface area (Å²) < 4.78 is 13.1. The molecule has 22 heavy (non-hydrogen) atoms. The molecule has 122 valence electrons. The molecule has 0 aromatic heterocycles. The number of carbonyl (C=O) groups is 1. The zero-order valence-electron chi connectivity index (χ0n) is 13.6. The second-order valence-electron chi connectivity index (χ2n) is 6.44. The molecule has 0 spiro atoms. The lowest BCUT2D eigenvalue weighted by atomic mass is 10.0. The zero-order chi connectivity index (χ0) is 15.9. The molecule has 1 aliphatic rings. The van der Waals surface area contributed by atoms with Gasteiger partial charge in [-0.3, -0.25) is 4.79 Å². The molecule has 1 aromatic carbocycles. The Bertz CT molecular complexity index is 484. The molecule has 4 heteroatoms. The molecule has 1 aromatic rings. The van der Waals surface area contributed by atoms with Crippen LogP contribution in [0.5, 0.6) is 0 Å². The van der Waals surface area contributed by atoms with Crippen molar-refractivity contribution in [3.05, 3.63) is 35.6 Å². The van der Waals surface area contributed by atoms with Crippen molar-refractivity contribution in [2.24, 2.45) is 5.92 Å². The van der Waals surface area contributed by atoms with Crippen molar-refractivity contribution in [3.63, 3.8) is 0 Å². The summed E-state index contributed by atoms with van der Waals surface area (Å²) in [6.07, 6.45) is 3.97. The van der Waals surface area contributed by atoms with Gasteiger partial charge < -0.3 is 10.2 Å². The molecule has 1 unspecified atom stereocenters. The number of hydrogen-bond donors (Lipinski definition) is 1. The molecule has 0 bridgehead atoms. The minimum Gasteiger partial charge on any atom is -0.341 e. The molecule has 0 aliphatic carbocycles. The van der Waals surface area contributed by atoms with Crippen LogP contribution in [-0.4, -0.2) is 36.5 Å². The maximum absolute atomic E-state index is 13.1. The summed E-state index contributed by atoms with van der Waals surface area (Å²) in [6.45, 7) is 6.73. The standard InChI is InChI=1S/C18H27FN2O/c1-14(2)17(18(22)21-11-3-4-12-21)20-10-6-8-15-7-5-9-16(19)13-15/h5,7,9,13-14,17,20H,3-4,6,8,10-12H2,1-2H3. The molecule has 1 fully saturated rings. The molecule has 1 saturated heterocycles. The van der Waals surface area contributed by atoms with Gasteiger partial charge >= 0.3 is 0 Å². The van der Waals surface area contributed by atoms with Gasteiger partial charge in [0.25, 0.3) is 0 Å². The molecule has 3 nitrogen and oxygen atoms in total. The van der Waals surface area contributed by atoms with Crippen LogP contribution in [0.2, 0.25) is 0 Å². The van der Waals surface area contributed by atoms with Crippen LogP contribution in [0.15, 0.2) is 24.3 Å². The van der Waals surface area contributed by atoms with Crippen LogP contribution in [0.1, 0.15) is 38.7 Å². The predicted molar refractivity (Wildman–Crippen MR) is 87.2 cm³/mol. The van der Waals surface area contributed by atoms with E-state index >= 15 is 0 Å². The number of rotatable bonds is 7. The van der Waals surface area contributed by atoms with Gasteiger partial charge in [0, 0.05) is 13.1 Å². The number of aryl methyl sites for hydroxylation is 1. The Morgan fingerprint density at radius 1 is 1.32 bits per heavy atom. The lowest BCUT2D eigenvalue weighted by molar-refractivity contribution is -0.133. The molecule has 1 heterocycles. The second-order valence-corrected chi connectivity index (χ2v) is 6.44. The minimum absolute atomic E-state index is 0.106. The quantitative estimate of drug-likeness (QED) is 0.786. The van der Waals surface area contributed by atoms with Crippen molar-refractivity contribution >= 4 is 5.91 Å². The molecule has 0 saturated carbocycles. The fraction of sp³-hybridized carbons (Fsp3) is 0.611. The van der Waals surface area contributed by atoms with Crippen LogP contribution >= 0.6 is 0 Å². The fourth-order valence-corrected chi connectivity index (χ4v) is 2.98. The topological polar surface area (TPSA) is 32.3 Å². The first-order valence-electron chi connectivity index (χ1n) is 8.34. The summed E-state index contributed by atoms with van der Waals surface area (Å²) in [7, 11) is 0. The SMILES string of the molecule is CC(C)C(NCCCc1cccc(F)c1)C(=O)N1CCCC1. The summed E-state index contributed by atoms with van der Waals surface area (Å²) in [5.41, 5.74) is 1.01. The lowest BCUT2D eigenvalue weighted by Gasteiger charge is -2.26. The molecule has 2 rings (SSSR count). The van der Waals surface area contributed by atoms with Gasteiger partial charge in [-0.15, -0.1) is 0 Å². The number of hydrogen-bond acceptors (Lipinski definition) is 2. The summed E-state index contributed by atoms with van der Waals surface area (Å²) >= 11 is 0. The Morgan fingerprint density at radius 2 is 2.05 bits per heavy atom. The van der Waals surface area contributed by atoms with Gasteiger partial charge in [0.15, 0.2) is 0 Å². The molecule has 0 radical (unpaired) electrons. The number of nitrogens with one attached hydrogen (secondary N) is 1. The van der Waals surface area contributed by atoms with E-state index in [9.17, 15) is 9.18 Å². The minimum atomic E-state index is -0.185. The second kappa shape index (κ2) is 8.28. The smallest absolute Gasteiger partial charge is 0.239 e. The van der Waals surface area contributed by atoms with Crippen LogP contribution < -0.4 is 5.32 Å². The van der Waals surface area contributed by atoms with Crippen molar-refractivity contribution in [2.45, 2.75) is 45.6 Å². The van der Waals surface area contributed by atoms with Crippen molar-refractivity contribution in [1.29, 1.82) is 0 Å². The van der Waals surface area contributed by atoms with Gasteiger partial charge in [-0.25, -0.2) is 4.39 Å². The third-order valence-electron chi connectivity index (χ3n) is 4.25.